The molecule has 0 radical (unpaired) electrons. The largest absolute Gasteiger partial charge is 0.382 e. The Bertz CT molecular complexity index is 963. The monoisotopic (exact) mass is 446 g/mol. The summed E-state index contributed by atoms with van der Waals surface area (Å²) in [5.41, 5.74) is 12.4. The molecule has 1 spiro atoms. The Labute approximate surface area is 183 Å². The van der Waals surface area contributed by atoms with E-state index in [0.717, 1.165) is 31.7 Å². The number of hydrogen-bond donors (Lipinski definition) is 4. The third-order valence-corrected chi connectivity index (χ3v) is 6.71. The molecule has 2 saturated heterocycles. The maximum absolute atomic E-state index is 12.5. The van der Waals surface area contributed by atoms with Crippen molar-refractivity contribution in [2.75, 3.05) is 31.1 Å². The molecule has 158 valence electrons. The summed E-state index contributed by atoms with van der Waals surface area (Å²) in [5.74, 6) is 0.645. The molecule has 2 aliphatic rings. The first-order valence-electron chi connectivity index (χ1n) is 9.59. The zero-order chi connectivity index (χ0) is 21.1. The molecule has 4 rings (SSSR count). The number of carbonyl (C=O) groups excluding carboxylic acids is 1. The number of benzene rings is 1. The Morgan fingerprint density at radius 2 is 1.93 bits per heavy atom. The lowest BCUT2D eigenvalue weighted by Crippen LogP contribution is -2.51. The predicted octanol–water partition coefficient (Wildman–Crippen LogP) is 1.67. The van der Waals surface area contributed by atoms with Crippen LogP contribution in [0.1, 0.15) is 28.9 Å². The number of halogens is 1. The summed E-state index contributed by atoms with van der Waals surface area (Å²) in [4.78, 5) is 24.3. The lowest BCUT2D eigenvalue weighted by molar-refractivity contribution is 0.0998. The standard InChI is InChI=1S/C19H23ClN8OS/c20-14-16(22)25-15(21)13(24-14)17(29)26-18-23-11-19(27-18)6-8-28(9-7-19)30-10-12-4-2-1-3-5-12/h1-5H,6-11H2,(H4,21,22,25)(H2,23,26,27,29). The minimum atomic E-state index is -0.621. The normalized spacial score (nSPS) is 19.6. The van der Waals surface area contributed by atoms with Crippen molar-refractivity contribution < 1.29 is 4.79 Å². The van der Waals surface area contributed by atoms with Gasteiger partial charge in [0.15, 0.2) is 28.4 Å². The maximum atomic E-state index is 12.5. The zero-order valence-corrected chi connectivity index (χ0v) is 17.8. The molecule has 2 fully saturated rings. The number of carbonyl (C=O) groups is 1. The van der Waals surface area contributed by atoms with Crippen LogP contribution in [0.5, 0.6) is 0 Å². The van der Waals surface area contributed by atoms with E-state index in [1.54, 1.807) is 0 Å². The van der Waals surface area contributed by atoms with Crippen molar-refractivity contribution in [3.8, 4) is 0 Å². The number of amides is 1. The number of hydrogen-bond acceptors (Lipinski definition) is 7. The van der Waals surface area contributed by atoms with Gasteiger partial charge in [0.05, 0.1) is 5.54 Å². The fraction of sp³-hybridized carbons (Fsp3) is 0.368. The second-order valence-electron chi connectivity index (χ2n) is 7.35. The van der Waals surface area contributed by atoms with Crippen LogP contribution < -0.4 is 22.1 Å². The van der Waals surface area contributed by atoms with Crippen LogP contribution in [0.15, 0.2) is 35.3 Å². The van der Waals surface area contributed by atoms with Crippen molar-refractivity contribution in [1.29, 1.82) is 0 Å². The van der Waals surface area contributed by atoms with Crippen molar-refractivity contribution in [2.24, 2.45) is 4.99 Å². The molecule has 11 heteroatoms. The predicted molar refractivity (Wildman–Crippen MR) is 120 cm³/mol. The van der Waals surface area contributed by atoms with E-state index in [9.17, 15) is 4.79 Å². The fourth-order valence-electron chi connectivity index (χ4n) is 3.50. The van der Waals surface area contributed by atoms with Gasteiger partial charge >= 0.3 is 5.91 Å². The second-order valence-corrected chi connectivity index (χ2v) is 8.77. The number of nitrogens with zero attached hydrogens (tertiary/aromatic N) is 4. The van der Waals surface area contributed by atoms with E-state index in [4.69, 9.17) is 23.1 Å². The van der Waals surface area contributed by atoms with Crippen molar-refractivity contribution >= 4 is 47.1 Å². The first-order chi connectivity index (χ1) is 14.4. The Kier molecular flexibility index (Phi) is 5.98. The Hall–Kier alpha value is -2.56. The van der Waals surface area contributed by atoms with Crippen LogP contribution in [0.3, 0.4) is 0 Å². The van der Waals surface area contributed by atoms with Crippen LogP contribution in [0.2, 0.25) is 5.15 Å². The van der Waals surface area contributed by atoms with Crippen LogP contribution in [-0.2, 0) is 5.75 Å². The van der Waals surface area contributed by atoms with Crippen LogP contribution in [0.4, 0.5) is 11.6 Å². The molecule has 0 bridgehead atoms. The van der Waals surface area contributed by atoms with Crippen molar-refractivity contribution in [3.63, 3.8) is 0 Å². The molecule has 0 atom stereocenters. The number of nitrogens with two attached hydrogens (primary N) is 2. The molecule has 30 heavy (non-hydrogen) atoms. The number of piperidine rings is 1. The highest BCUT2D eigenvalue weighted by Crippen LogP contribution is 2.29. The number of nitrogens with one attached hydrogen (secondary N) is 2. The van der Waals surface area contributed by atoms with Gasteiger partial charge in [-0.2, -0.15) is 4.99 Å². The minimum absolute atomic E-state index is 0.0219. The van der Waals surface area contributed by atoms with E-state index >= 15 is 0 Å². The van der Waals surface area contributed by atoms with Crippen molar-refractivity contribution in [2.45, 2.75) is 24.1 Å². The highest BCUT2D eigenvalue weighted by atomic mass is 35.5. The number of rotatable bonds is 4. The SMILES string of the molecule is Nc1nc(N)c(C(=O)/N=C2\NCC3(CCN(SCc4ccccc4)CC3)N2)nc1Cl. The Balaban J connectivity index is 1.33. The van der Waals surface area contributed by atoms with E-state index in [2.05, 4.69) is 54.2 Å². The maximum Gasteiger partial charge on any atom is 0.302 e. The topological polar surface area (TPSA) is 135 Å². The van der Waals surface area contributed by atoms with Gasteiger partial charge in [-0.05, 0) is 18.4 Å². The minimum Gasteiger partial charge on any atom is -0.382 e. The van der Waals surface area contributed by atoms with Crippen LogP contribution in [0.25, 0.3) is 0 Å². The molecule has 0 saturated carbocycles. The first-order valence-corrected chi connectivity index (χ1v) is 10.9. The van der Waals surface area contributed by atoms with Gasteiger partial charge in [0, 0.05) is 25.4 Å². The van der Waals surface area contributed by atoms with Gasteiger partial charge in [-0.3, -0.25) is 9.10 Å². The Morgan fingerprint density at radius 3 is 2.67 bits per heavy atom. The second kappa shape index (κ2) is 8.66. The summed E-state index contributed by atoms with van der Waals surface area (Å²) < 4.78 is 2.40. The summed E-state index contributed by atoms with van der Waals surface area (Å²) in [6.45, 7) is 2.62. The van der Waals surface area contributed by atoms with Gasteiger partial charge < -0.3 is 22.1 Å². The summed E-state index contributed by atoms with van der Waals surface area (Å²) in [6, 6.07) is 10.5. The molecule has 2 aromatic rings. The Morgan fingerprint density at radius 1 is 1.20 bits per heavy atom. The lowest BCUT2D eigenvalue weighted by Gasteiger charge is -2.38. The van der Waals surface area contributed by atoms with Crippen molar-refractivity contribution in [1.82, 2.24) is 24.9 Å². The average Bonchev–Trinajstić information content (AvgIpc) is 3.13. The lowest BCUT2D eigenvalue weighted by atomic mass is 9.90. The first kappa shape index (κ1) is 20.7. The van der Waals surface area contributed by atoms with E-state index in [1.807, 2.05) is 18.0 Å². The molecule has 1 amide bonds. The molecular formula is C19H23ClN8OS. The molecule has 0 aliphatic carbocycles. The van der Waals surface area contributed by atoms with Crippen LogP contribution in [-0.4, -0.2) is 51.3 Å². The molecule has 9 nitrogen and oxygen atoms in total. The summed E-state index contributed by atoms with van der Waals surface area (Å²) >= 11 is 7.70. The van der Waals surface area contributed by atoms with Gasteiger partial charge in [0.25, 0.3) is 0 Å². The molecule has 2 aliphatic heterocycles. The van der Waals surface area contributed by atoms with E-state index in [-0.39, 0.29) is 28.0 Å². The number of guanidine groups is 1. The van der Waals surface area contributed by atoms with Crippen molar-refractivity contribution in [3.05, 3.63) is 46.7 Å². The molecule has 1 aromatic heterocycles. The van der Waals surface area contributed by atoms with E-state index in [0.29, 0.717) is 12.5 Å². The van der Waals surface area contributed by atoms with Gasteiger partial charge in [-0.1, -0.05) is 53.9 Å². The van der Waals surface area contributed by atoms with Crippen LogP contribution in [0, 0.1) is 0 Å². The summed E-state index contributed by atoms with van der Waals surface area (Å²) in [6.07, 6.45) is 1.90. The fourth-order valence-corrected chi connectivity index (χ4v) is 4.59. The van der Waals surface area contributed by atoms with Gasteiger partial charge in [0.2, 0.25) is 0 Å². The van der Waals surface area contributed by atoms with E-state index in [1.165, 1.54) is 5.56 Å². The molecule has 3 heterocycles. The van der Waals surface area contributed by atoms with Gasteiger partial charge in [0.1, 0.15) is 0 Å². The zero-order valence-electron chi connectivity index (χ0n) is 16.3. The van der Waals surface area contributed by atoms with E-state index < -0.39 is 5.91 Å². The summed E-state index contributed by atoms with van der Waals surface area (Å²) in [5, 5.41) is 6.49. The third kappa shape index (κ3) is 4.61. The van der Waals surface area contributed by atoms with Gasteiger partial charge in [-0.15, -0.1) is 0 Å². The molecule has 0 unspecified atom stereocenters. The highest BCUT2D eigenvalue weighted by molar-refractivity contribution is 7.96. The smallest absolute Gasteiger partial charge is 0.302 e. The molecule has 1 aromatic carbocycles. The average molecular weight is 447 g/mol. The highest BCUT2D eigenvalue weighted by Gasteiger charge is 2.40. The summed E-state index contributed by atoms with van der Waals surface area (Å²) in [7, 11) is 0. The number of aromatic nitrogens is 2. The van der Waals surface area contributed by atoms with Gasteiger partial charge in [-0.25, -0.2) is 9.97 Å². The number of nitrogen functional groups attached to an aromatic ring is 2. The number of aliphatic imine (C=N–C) groups is 1. The quantitative estimate of drug-likeness (QED) is 0.517. The number of anilines is 2. The molecule has 6 N–H and O–H groups in total. The molecular weight excluding hydrogens is 424 g/mol. The third-order valence-electron chi connectivity index (χ3n) is 5.23. The van der Waals surface area contributed by atoms with Crippen LogP contribution >= 0.6 is 23.5 Å².